The van der Waals surface area contributed by atoms with E-state index < -0.39 is 5.41 Å². The first-order valence-corrected chi connectivity index (χ1v) is 7.55. The van der Waals surface area contributed by atoms with E-state index in [0.29, 0.717) is 31.0 Å². The Hall–Kier alpha value is -0.680. The summed E-state index contributed by atoms with van der Waals surface area (Å²) in [6.07, 6.45) is 6.12. The van der Waals surface area contributed by atoms with Gasteiger partial charge in [-0.05, 0) is 31.1 Å². The fourth-order valence-electron chi connectivity index (χ4n) is 3.17. The van der Waals surface area contributed by atoms with E-state index in [4.69, 9.17) is 22.7 Å². The Morgan fingerprint density at radius 2 is 1.84 bits per heavy atom. The van der Waals surface area contributed by atoms with Crippen LogP contribution < -0.4 is 11.1 Å². The van der Waals surface area contributed by atoms with Gasteiger partial charge < -0.3 is 15.8 Å². The maximum Gasteiger partial charge on any atom is 0.233 e. The van der Waals surface area contributed by atoms with Gasteiger partial charge >= 0.3 is 0 Å². The Bertz CT molecular complexity index is 358. The summed E-state index contributed by atoms with van der Waals surface area (Å²) in [4.78, 5) is 12.8. The highest BCUT2D eigenvalue weighted by Crippen LogP contribution is 2.37. The number of nitrogens with one attached hydrogen (secondary N) is 1. The van der Waals surface area contributed by atoms with Crippen LogP contribution in [0.4, 0.5) is 0 Å². The van der Waals surface area contributed by atoms with Crippen molar-refractivity contribution >= 4 is 23.1 Å². The smallest absolute Gasteiger partial charge is 0.233 e. The molecule has 0 spiro atoms. The van der Waals surface area contributed by atoms with Crippen LogP contribution in [0, 0.1) is 10.8 Å². The maximum atomic E-state index is 12.5. The van der Waals surface area contributed by atoms with Crippen LogP contribution in [-0.4, -0.2) is 30.7 Å². The SMILES string of the molecule is CC1(CNC(=O)C2(C(N)=S)CCOCC2)CCCC1. The average molecular weight is 284 g/mol. The molecule has 1 aliphatic heterocycles. The molecule has 1 heterocycles. The van der Waals surface area contributed by atoms with Crippen molar-refractivity contribution in [2.45, 2.75) is 45.4 Å². The van der Waals surface area contributed by atoms with Crippen molar-refractivity contribution in [2.24, 2.45) is 16.6 Å². The third-order valence-corrected chi connectivity index (χ3v) is 5.13. The summed E-state index contributed by atoms with van der Waals surface area (Å²) < 4.78 is 5.33. The number of thiocarbonyl (C=S) groups is 1. The first-order valence-electron chi connectivity index (χ1n) is 7.15. The molecule has 5 heteroatoms. The van der Waals surface area contributed by atoms with Gasteiger partial charge in [0.05, 0.1) is 4.99 Å². The highest BCUT2D eigenvalue weighted by molar-refractivity contribution is 7.80. The molecule has 0 radical (unpaired) electrons. The second-order valence-corrected chi connectivity index (χ2v) is 6.70. The first kappa shape index (κ1) is 14.7. The molecule has 0 aromatic carbocycles. The quantitative estimate of drug-likeness (QED) is 0.772. The predicted octanol–water partition coefficient (Wildman–Crippen LogP) is 1.77. The van der Waals surface area contributed by atoms with Crippen LogP contribution in [-0.2, 0) is 9.53 Å². The number of hydrogen-bond acceptors (Lipinski definition) is 3. The van der Waals surface area contributed by atoms with Gasteiger partial charge in [-0.3, -0.25) is 4.79 Å². The highest BCUT2D eigenvalue weighted by Gasteiger charge is 2.43. The fraction of sp³-hybridized carbons (Fsp3) is 0.857. The topological polar surface area (TPSA) is 64.4 Å². The van der Waals surface area contributed by atoms with Crippen molar-refractivity contribution in [1.29, 1.82) is 0 Å². The lowest BCUT2D eigenvalue weighted by Gasteiger charge is -2.36. The normalized spacial score (nSPS) is 24.9. The summed E-state index contributed by atoms with van der Waals surface area (Å²) in [6.45, 7) is 4.10. The molecule has 1 amide bonds. The molecule has 1 saturated heterocycles. The van der Waals surface area contributed by atoms with E-state index in [1.54, 1.807) is 0 Å². The summed E-state index contributed by atoms with van der Waals surface area (Å²) >= 11 is 5.14. The van der Waals surface area contributed by atoms with Crippen LogP contribution in [0.25, 0.3) is 0 Å². The van der Waals surface area contributed by atoms with Crippen LogP contribution in [0.3, 0.4) is 0 Å². The summed E-state index contributed by atoms with van der Waals surface area (Å²) in [5, 5.41) is 3.10. The van der Waals surface area contributed by atoms with E-state index in [1.807, 2.05) is 0 Å². The number of amides is 1. The molecular weight excluding hydrogens is 260 g/mol. The van der Waals surface area contributed by atoms with E-state index in [9.17, 15) is 4.79 Å². The van der Waals surface area contributed by atoms with Crippen molar-refractivity contribution in [3.8, 4) is 0 Å². The van der Waals surface area contributed by atoms with Gasteiger partial charge in [0.25, 0.3) is 0 Å². The van der Waals surface area contributed by atoms with Gasteiger partial charge in [-0.15, -0.1) is 0 Å². The Kier molecular flexibility index (Phi) is 4.46. The molecule has 0 aromatic rings. The molecule has 0 bridgehead atoms. The molecule has 1 saturated carbocycles. The van der Waals surface area contributed by atoms with Crippen molar-refractivity contribution in [3.63, 3.8) is 0 Å². The third kappa shape index (κ3) is 3.08. The molecule has 0 aromatic heterocycles. The minimum Gasteiger partial charge on any atom is -0.392 e. The Morgan fingerprint density at radius 3 is 2.37 bits per heavy atom. The zero-order valence-electron chi connectivity index (χ0n) is 11.7. The second-order valence-electron chi connectivity index (χ2n) is 6.26. The molecule has 4 nitrogen and oxygen atoms in total. The molecular formula is C14H24N2O2S. The predicted molar refractivity (Wildman–Crippen MR) is 78.9 cm³/mol. The van der Waals surface area contributed by atoms with E-state index >= 15 is 0 Å². The van der Waals surface area contributed by atoms with E-state index in [-0.39, 0.29) is 11.3 Å². The largest absolute Gasteiger partial charge is 0.392 e. The molecule has 1 aliphatic carbocycles. The molecule has 2 fully saturated rings. The van der Waals surface area contributed by atoms with Gasteiger partial charge in [-0.25, -0.2) is 0 Å². The average Bonchev–Trinajstić information content (AvgIpc) is 2.84. The van der Waals surface area contributed by atoms with Crippen LogP contribution in [0.15, 0.2) is 0 Å². The number of carbonyl (C=O) groups is 1. The van der Waals surface area contributed by atoms with Gasteiger partial charge in [0.15, 0.2) is 0 Å². The van der Waals surface area contributed by atoms with Gasteiger partial charge in [0.2, 0.25) is 5.91 Å². The van der Waals surface area contributed by atoms with Crippen molar-refractivity contribution < 1.29 is 9.53 Å². The highest BCUT2D eigenvalue weighted by atomic mass is 32.1. The summed E-state index contributed by atoms with van der Waals surface area (Å²) in [5.41, 5.74) is 5.39. The number of ether oxygens (including phenoxy) is 1. The third-order valence-electron chi connectivity index (χ3n) is 4.74. The fourth-order valence-corrected chi connectivity index (χ4v) is 3.47. The lowest BCUT2D eigenvalue weighted by Crippen LogP contribution is -2.53. The van der Waals surface area contributed by atoms with Gasteiger partial charge in [0, 0.05) is 19.8 Å². The van der Waals surface area contributed by atoms with Crippen LogP contribution in [0.2, 0.25) is 0 Å². The molecule has 2 aliphatic rings. The van der Waals surface area contributed by atoms with Crippen molar-refractivity contribution in [1.82, 2.24) is 5.32 Å². The lowest BCUT2D eigenvalue weighted by atomic mass is 9.78. The Labute approximate surface area is 120 Å². The Balaban J connectivity index is 1.98. The standard InChI is InChI=1S/C14H24N2O2S/c1-13(4-2-3-5-13)10-16-12(17)14(11(15)19)6-8-18-9-7-14/h2-10H2,1H3,(H2,15,19)(H,16,17). The van der Waals surface area contributed by atoms with E-state index in [2.05, 4.69) is 12.2 Å². The van der Waals surface area contributed by atoms with Crippen LogP contribution >= 0.6 is 12.2 Å². The zero-order valence-corrected chi connectivity index (χ0v) is 12.5. The minimum absolute atomic E-state index is 0.00331. The number of rotatable bonds is 4. The van der Waals surface area contributed by atoms with E-state index in [1.165, 1.54) is 25.7 Å². The molecule has 0 unspecified atom stereocenters. The van der Waals surface area contributed by atoms with Crippen LogP contribution in [0.5, 0.6) is 0 Å². The van der Waals surface area contributed by atoms with Crippen molar-refractivity contribution in [3.05, 3.63) is 0 Å². The molecule has 2 rings (SSSR count). The summed E-state index contributed by atoms with van der Waals surface area (Å²) in [5.74, 6) is -0.00331. The molecule has 108 valence electrons. The van der Waals surface area contributed by atoms with Gasteiger partial charge in [0.1, 0.15) is 5.41 Å². The maximum absolute atomic E-state index is 12.5. The second kappa shape index (κ2) is 5.75. The first-order chi connectivity index (χ1) is 8.99. The van der Waals surface area contributed by atoms with Gasteiger partial charge in [-0.2, -0.15) is 0 Å². The number of carbonyl (C=O) groups excluding carboxylic acids is 1. The lowest BCUT2D eigenvalue weighted by molar-refractivity contribution is -0.131. The summed E-state index contributed by atoms with van der Waals surface area (Å²) in [6, 6.07) is 0. The van der Waals surface area contributed by atoms with E-state index in [0.717, 1.165) is 6.54 Å². The number of hydrogen-bond donors (Lipinski definition) is 2. The Morgan fingerprint density at radius 1 is 1.26 bits per heavy atom. The zero-order chi connectivity index (χ0) is 13.9. The van der Waals surface area contributed by atoms with Crippen LogP contribution in [0.1, 0.15) is 45.4 Å². The number of nitrogens with two attached hydrogens (primary N) is 1. The monoisotopic (exact) mass is 284 g/mol. The minimum atomic E-state index is -0.692. The molecule has 0 atom stereocenters. The molecule has 19 heavy (non-hydrogen) atoms. The van der Waals surface area contributed by atoms with Crippen molar-refractivity contribution in [2.75, 3.05) is 19.8 Å². The van der Waals surface area contributed by atoms with Gasteiger partial charge in [-0.1, -0.05) is 32.0 Å². The summed E-state index contributed by atoms with van der Waals surface area (Å²) in [7, 11) is 0. The molecule has 3 N–H and O–H groups in total.